The van der Waals surface area contributed by atoms with Crippen LogP contribution in [0.15, 0.2) is 30.7 Å². The Bertz CT molecular complexity index is 735. The number of fused-ring (bicyclic) bond motifs is 1. The molecule has 6 heteroatoms. The lowest BCUT2D eigenvalue weighted by molar-refractivity contribution is 0.595. The number of aromatic nitrogens is 2. The van der Waals surface area contributed by atoms with Crippen LogP contribution in [0.1, 0.15) is 5.56 Å². The van der Waals surface area contributed by atoms with Crippen molar-refractivity contribution in [3.8, 4) is 11.3 Å². The molecule has 1 aliphatic heterocycles. The summed E-state index contributed by atoms with van der Waals surface area (Å²) in [5, 5.41) is 3.40. The van der Waals surface area contributed by atoms with Crippen molar-refractivity contribution in [2.45, 2.75) is 13.0 Å². The third kappa shape index (κ3) is 2.56. The van der Waals surface area contributed by atoms with Crippen molar-refractivity contribution in [1.82, 2.24) is 9.55 Å². The number of para-hydroxylation sites is 1. The van der Waals surface area contributed by atoms with Crippen LogP contribution in [-0.4, -0.2) is 36.5 Å². The Balaban J connectivity index is 1.96. The molecule has 0 saturated carbocycles. The molecule has 0 atom stereocenters. The smallest absolute Gasteiger partial charge is 0.149 e. The first-order valence-corrected chi connectivity index (χ1v) is 8.65. The van der Waals surface area contributed by atoms with Gasteiger partial charge in [-0.25, -0.2) is 13.4 Å². The van der Waals surface area contributed by atoms with Crippen LogP contribution < -0.4 is 5.32 Å². The molecule has 0 saturated heterocycles. The van der Waals surface area contributed by atoms with Crippen LogP contribution >= 0.6 is 0 Å². The predicted octanol–water partition coefficient (Wildman–Crippen LogP) is 1.56. The summed E-state index contributed by atoms with van der Waals surface area (Å²) in [6.07, 6.45) is 5.76. The Morgan fingerprint density at radius 1 is 1.40 bits per heavy atom. The molecule has 0 radical (unpaired) electrons. The molecule has 0 bridgehead atoms. The third-order valence-electron chi connectivity index (χ3n) is 3.54. The highest BCUT2D eigenvalue weighted by molar-refractivity contribution is 7.90. The molecule has 0 amide bonds. The molecule has 0 unspecified atom stereocenters. The van der Waals surface area contributed by atoms with Gasteiger partial charge < -0.3 is 9.88 Å². The molecule has 0 fully saturated rings. The number of sulfone groups is 1. The molecule has 0 aliphatic carbocycles. The molecule has 1 N–H and O–H groups in total. The summed E-state index contributed by atoms with van der Waals surface area (Å²) in [4.78, 5) is 4.17. The number of aryl methyl sites for hydroxylation is 1. The van der Waals surface area contributed by atoms with Crippen LogP contribution in [-0.2, 0) is 22.8 Å². The third-order valence-corrected chi connectivity index (χ3v) is 4.46. The highest BCUT2D eigenvalue weighted by atomic mass is 32.2. The molecule has 3 rings (SSSR count). The van der Waals surface area contributed by atoms with E-state index in [1.165, 1.54) is 11.8 Å². The van der Waals surface area contributed by atoms with Crippen LogP contribution in [0, 0.1) is 0 Å². The average Bonchev–Trinajstić information content (AvgIpc) is 3.03. The van der Waals surface area contributed by atoms with Gasteiger partial charge >= 0.3 is 0 Å². The first-order chi connectivity index (χ1) is 9.54. The lowest BCUT2D eigenvalue weighted by Gasteiger charge is -2.11. The van der Waals surface area contributed by atoms with Gasteiger partial charge in [0.2, 0.25) is 0 Å². The number of rotatable bonds is 4. The van der Waals surface area contributed by atoms with E-state index in [0.29, 0.717) is 6.54 Å². The number of imidazole rings is 1. The topological polar surface area (TPSA) is 64.0 Å². The number of hydrogen-bond acceptors (Lipinski definition) is 4. The summed E-state index contributed by atoms with van der Waals surface area (Å²) in [7, 11) is -2.97. The molecule has 1 aromatic heterocycles. The zero-order valence-corrected chi connectivity index (χ0v) is 12.2. The number of hydrogen-bond donors (Lipinski definition) is 1. The summed E-state index contributed by atoms with van der Waals surface area (Å²) < 4.78 is 24.5. The van der Waals surface area contributed by atoms with Gasteiger partial charge in [0.05, 0.1) is 24.0 Å². The molecule has 1 aliphatic rings. The second-order valence-corrected chi connectivity index (χ2v) is 7.38. The highest BCUT2D eigenvalue weighted by Gasteiger charge is 2.17. The van der Waals surface area contributed by atoms with Gasteiger partial charge in [-0.2, -0.15) is 0 Å². The minimum atomic E-state index is -2.97. The van der Waals surface area contributed by atoms with E-state index in [0.717, 1.165) is 29.9 Å². The van der Waals surface area contributed by atoms with Crippen molar-refractivity contribution < 1.29 is 8.42 Å². The number of benzene rings is 1. The first kappa shape index (κ1) is 13.2. The van der Waals surface area contributed by atoms with Gasteiger partial charge in [-0.3, -0.25) is 0 Å². The van der Waals surface area contributed by atoms with Gasteiger partial charge in [-0.15, -0.1) is 0 Å². The molecule has 5 nitrogen and oxygen atoms in total. The zero-order valence-electron chi connectivity index (χ0n) is 11.3. The number of anilines is 1. The molecule has 2 heterocycles. The van der Waals surface area contributed by atoms with Crippen molar-refractivity contribution in [2.75, 3.05) is 23.9 Å². The van der Waals surface area contributed by atoms with Gasteiger partial charge in [0.25, 0.3) is 0 Å². The van der Waals surface area contributed by atoms with Gasteiger partial charge in [0.1, 0.15) is 9.84 Å². The maximum absolute atomic E-state index is 11.3. The van der Waals surface area contributed by atoms with Crippen molar-refractivity contribution in [2.24, 2.45) is 0 Å². The largest absolute Gasteiger partial charge is 0.384 e. The van der Waals surface area contributed by atoms with Gasteiger partial charge in [-0.1, -0.05) is 18.2 Å². The summed E-state index contributed by atoms with van der Waals surface area (Å²) in [6, 6.07) is 6.20. The minimum absolute atomic E-state index is 0.124. The van der Waals surface area contributed by atoms with Crippen molar-refractivity contribution in [3.05, 3.63) is 36.3 Å². The second kappa shape index (κ2) is 4.94. The second-order valence-electron chi connectivity index (χ2n) is 5.12. The first-order valence-electron chi connectivity index (χ1n) is 6.58. The van der Waals surface area contributed by atoms with E-state index >= 15 is 0 Å². The molecule has 0 spiro atoms. The quantitative estimate of drug-likeness (QED) is 0.928. The van der Waals surface area contributed by atoms with E-state index < -0.39 is 9.84 Å². The standard InChI is InChI=1S/C14H17N3O2S/c1-20(18,19)8-7-17-10-15-9-13(17)12-4-2-3-11-5-6-16-14(11)12/h2-4,9-10,16H,5-8H2,1H3. The number of nitrogens with one attached hydrogen (secondary N) is 1. The molecular formula is C14H17N3O2S. The highest BCUT2D eigenvalue weighted by Crippen LogP contribution is 2.34. The Morgan fingerprint density at radius 2 is 2.25 bits per heavy atom. The fourth-order valence-electron chi connectivity index (χ4n) is 2.54. The molecule has 1 aromatic carbocycles. The lowest BCUT2D eigenvalue weighted by Crippen LogP contribution is -2.11. The monoisotopic (exact) mass is 291 g/mol. The summed E-state index contributed by atoms with van der Waals surface area (Å²) in [6.45, 7) is 1.38. The van der Waals surface area contributed by atoms with Crippen LogP contribution in [0.25, 0.3) is 11.3 Å². The summed E-state index contributed by atoms with van der Waals surface area (Å²) in [5.41, 5.74) is 4.50. The fraction of sp³-hybridized carbons (Fsp3) is 0.357. The summed E-state index contributed by atoms with van der Waals surface area (Å²) >= 11 is 0. The molecule has 106 valence electrons. The van der Waals surface area contributed by atoms with Crippen molar-refractivity contribution in [1.29, 1.82) is 0 Å². The minimum Gasteiger partial charge on any atom is -0.384 e. The predicted molar refractivity (Wildman–Crippen MR) is 79.6 cm³/mol. The molecule has 20 heavy (non-hydrogen) atoms. The Morgan fingerprint density at radius 3 is 3.05 bits per heavy atom. The Kier molecular flexibility index (Phi) is 3.25. The van der Waals surface area contributed by atoms with Crippen LogP contribution in [0.5, 0.6) is 0 Å². The van der Waals surface area contributed by atoms with E-state index in [-0.39, 0.29) is 5.75 Å². The summed E-state index contributed by atoms with van der Waals surface area (Å²) in [5.74, 6) is 0.124. The maximum atomic E-state index is 11.3. The number of nitrogens with zero attached hydrogens (tertiary/aromatic N) is 2. The molecular weight excluding hydrogens is 274 g/mol. The SMILES string of the molecule is CS(=O)(=O)CCn1cncc1-c1cccc2c1NCC2. The van der Waals surface area contributed by atoms with E-state index in [4.69, 9.17) is 0 Å². The van der Waals surface area contributed by atoms with Crippen LogP contribution in [0.2, 0.25) is 0 Å². The van der Waals surface area contributed by atoms with Crippen molar-refractivity contribution >= 4 is 15.5 Å². The van der Waals surface area contributed by atoms with Crippen LogP contribution in [0.3, 0.4) is 0 Å². The van der Waals surface area contributed by atoms with E-state index in [1.54, 1.807) is 12.5 Å². The van der Waals surface area contributed by atoms with Gasteiger partial charge in [0, 0.05) is 30.6 Å². The fourth-order valence-corrected chi connectivity index (χ4v) is 3.07. The zero-order chi connectivity index (χ0) is 14.2. The van der Waals surface area contributed by atoms with E-state index in [2.05, 4.69) is 16.4 Å². The van der Waals surface area contributed by atoms with Gasteiger partial charge in [0.15, 0.2) is 0 Å². The lowest BCUT2D eigenvalue weighted by atomic mass is 10.1. The Hall–Kier alpha value is -1.82. The van der Waals surface area contributed by atoms with Gasteiger partial charge in [-0.05, 0) is 12.0 Å². The van der Waals surface area contributed by atoms with E-state index in [9.17, 15) is 8.42 Å². The average molecular weight is 291 g/mol. The Labute approximate surface area is 118 Å². The molecule has 2 aromatic rings. The van der Waals surface area contributed by atoms with Crippen LogP contribution in [0.4, 0.5) is 5.69 Å². The maximum Gasteiger partial charge on any atom is 0.149 e. The van der Waals surface area contributed by atoms with E-state index in [1.807, 2.05) is 16.7 Å². The normalized spacial score (nSPS) is 14.1. The van der Waals surface area contributed by atoms with Crippen molar-refractivity contribution in [3.63, 3.8) is 0 Å².